The van der Waals surface area contributed by atoms with Gasteiger partial charge < -0.3 is 10.1 Å². The molecule has 1 aliphatic rings. The molecular weight excluding hydrogens is 340 g/mol. The van der Waals surface area contributed by atoms with Crippen LogP contribution in [0.15, 0.2) is 63.3 Å². The summed E-state index contributed by atoms with van der Waals surface area (Å²) in [4.78, 5) is 18.4. The lowest BCUT2D eigenvalue weighted by Crippen LogP contribution is -2.19. The maximum Gasteiger partial charge on any atom is 0.264 e. The average Bonchev–Trinajstić information content (AvgIpc) is 2.95. The fourth-order valence-electron chi connectivity index (χ4n) is 2.11. The number of ether oxygens (including phenoxy) is 1. The van der Waals surface area contributed by atoms with Crippen molar-refractivity contribution in [2.24, 2.45) is 4.99 Å². The third-order valence-electron chi connectivity index (χ3n) is 3.37. The van der Waals surface area contributed by atoms with Gasteiger partial charge in [-0.05, 0) is 66.1 Å². The van der Waals surface area contributed by atoms with Crippen molar-refractivity contribution in [2.75, 3.05) is 13.4 Å². The lowest BCUT2D eigenvalue weighted by atomic mass is 10.2. The summed E-state index contributed by atoms with van der Waals surface area (Å²) in [6.45, 7) is 0. The van der Waals surface area contributed by atoms with Crippen LogP contribution in [0.2, 0.25) is 0 Å². The number of hydrogen-bond donors (Lipinski definition) is 1. The summed E-state index contributed by atoms with van der Waals surface area (Å²) in [7, 11) is 1.62. The first-order valence-corrected chi connectivity index (χ1v) is 9.30. The number of benzene rings is 2. The zero-order valence-corrected chi connectivity index (χ0v) is 14.9. The van der Waals surface area contributed by atoms with E-state index in [1.165, 1.54) is 16.7 Å². The fraction of sp³-hybridized carbons (Fsp3) is 0.111. The normalized spacial score (nSPS) is 17.3. The number of amidine groups is 1. The number of thioether (sulfide) groups is 2. The highest BCUT2D eigenvalue weighted by Crippen LogP contribution is 2.29. The van der Waals surface area contributed by atoms with Crippen LogP contribution in [-0.4, -0.2) is 24.4 Å². The number of nitrogens with zero attached hydrogens (tertiary/aromatic N) is 1. The standard InChI is InChI=1S/C18H16N2O2S2/c1-22-14-7-5-13(6-8-14)19-18-20-17(21)16(24-18)11-12-3-9-15(23-2)10-4-12/h3-11H,1-2H3,(H,19,20,21)/b16-11+. The van der Waals surface area contributed by atoms with E-state index in [4.69, 9.17) is 4.74 Å². The monoisotopic (exact) mass is 356 g/mol. The zero-order valence-electron chi connectivity index (χ0n) is 13.3. The molecule has 0 atom stereocenters. The Morgan fingerprint density at radius 1 is 1.12 bits per heavy atom. The Balaban J connectivity index is 1.76. The summed E-state index contributed by atoms with van der Waals surface area (Å²) in [6, 6.07) is 15.5. The topological polar surface area (TPSA) is 50.7 Å². The number of rotatable bonds is 4. The van der Waals surface area contributed by atoms with Gasteiger partial charge in [-0.3, -0.25) is 4.79 Å². The molecular formula is C18H16N2O2S2. The summed E-state index contributed by atoms with van der Waals surface area (Å²) < 4.78 is 5.12. The van der Waals surface area contributed by atoms with E-state index in [9.17, 15) is 4.79 Å². The Labute approximate surface area is 149 Å². The molecule has 0 radical (unpaired) electrons. The molecule has 0 spiro atoms. The molecule has 3 rings (SSSR count). The molecule has 2 aromatic carbocycles. The van der Waals surface area contributed by atoms with Crippen molar-refractivity contribution in [3.8, 4) is 5.75 Å². The summed E-state index contributed by atoms with van der Waals surface area (Å²) in [6.07, 6.45) is 3.91. The number of nitrogens with one attached hydrogen (secondary N) is 1. The zero-order chi connectivity index (χ0) is 16.9. The largest absolute Gasteiger partial charge is 0.497 e. The van der Waals surface area contributed by atoms with E-state index >= 15 is 0 Å². The number of carbonyl (C=O) groups is 1. The van der Waals surface area contributed by atoms with Crippen molar-refractivity contribution in [3.05, 3.63) is 59.0 Å². The molecule has 24 heavy (non-hydrogen) atoms. The van der Waals surface area contributed by atoms with Crippen molar-refractivity contribution in [2.45, 2.75) is 4.90 Å². The van der Waals surface area contributed by atoms with Gasteiger partial charge in [0.2, 0.25) is 0 Å². The molecule has 1 saturated heterocycles. The van der Waals surface area contributed by atoms with E-state index in [1.807, 2.05) is 60.9 Å². The van der Waals surface area contributed by atoms with Crippen LogP contribution in [0, 0.1) is 0 Å². The van der Waals surface area contributed by atoms with Gasteiger partial charge in [0.1, 0.15) is 5.75 Å². The Kier molecular flexibility index (Phi) is 5.27. The number of hydrogen-bond acceptors (Lipinski definition) is 5. The maximum absolute atomic E-state index is 12.1. The summed E-state index contributed by atoms with van der Waals surface area (Å²) in [5, 5.41) is 3.37. The Morgan fingerprint density at radius 3 is 2.46 bits per heavy atom. The molecule has 1 fully saturated rings. The quantitative estimate of drug-likeness (QED) is 0.655. The highest BCUT2D eigenvalue weighted by Gasteiger charge is 2.23. The molecule has 0 bridgehead atoms. The summed E-state index contributed by atoms with van der Waals surface area (Å²) in [5.41, 5.74) is 1.76. The molecule has 0 unspecified atom stereocenters. The molecule has 6 heteroatoms. The first-order chi connectivity index (χ1) is 11.7. The van der Waals surface area contributed by atoms with E-state index in [0.717, 1.165) is 17.0 Å². The molecule has 0 aliphatic carbocycles. The van der Waals surface area contributed by atoms with Crippen LogP contribution < -0.4 is 10.1 Å². The first kappa shape index (κ1) is 16.7. The summed E-state index contributed by atoms with van der Waals surface area (Å²) in [5.74, 6) is 0.650. The van der Waals surface area contributed by atoms with E-state index in [-0.39, 0.29) is 5.91 Å². The number of carbonyl (C=O) groups excluding carboxylic acids is 1. The Bertz CT molecular complexity index is 797. The van der Waals surface area contributed by atoms with Crippen LogP contribution >= 0.6 is 23.5 Å². The predicted octanol–water partition coefficient (Wildman–Crippen LogP) is 4.31. The summed E-state index contributed by atoms with van der Waals surface area (Å²) >= 11 is 3.03. The van der Waals surface area contributed by atoms with Gasteiger partial charge >= 0.3 is 0 Å². The van der Waals surface area contributed by atoms with E-state index in [0.29, 0.717) is 10.1 Å². The van der Waals surface area contributed by atoms with Gasteiger partial charge in [0.05, 0.1) is 17.7 Å². The van der Waals surface area contributed by atoms with Crippen molar-refractivity contribution >= 4 is 46.4 Å². The molecule has 0 saturated carbocycles. The van der Waals surface area contributed by atoms with Crippen LogP contribution in [0.3, 0.4) is 0 Å². The molecule has 0 aromatic heterocycles. The molecule has 1 heterocycles. The van der Waals surface area contributed by atoms with Gasteiger partial charge in [0.25, 0.3) is 5.91 Å². The molecule has 1 N–H and O–H groups in total. The van der Waals surface area contributed by atoms with Gasteiger partial charge in [0.15, 0.2) is 5.17 Å². The van der Waals surface area contributed by atoms with E-state index in [1.54, 1.807) is 18.9 Å². The number of methoxy groups -OCH3 is 1. The van der Waals surface area contributed by atoms with E-state index < -0.39 is 0 Å². The van der Waals surface area contributed by atoms with Gasteiger partial charge in [0, 0.05) is 4.90 Å². The SMILES string of the molecule is COc1ccc(N=C2NC(=O)/C(=C\c3ccc(SC)cc3)S2)cc1. The third kappa shape index (κ3) is 4.01. The highest BCUT2D eigenvalue weighted by molar-refractivity contribution is 8.18. The first-order valence-electron chi connectivity index (χ1n) is 7.25. The second-order valence-electron chi connectivity index (χ2n) is 4.95. The van der Waals surface area contributed by atoms with Crippen LogP contribution in [0.25, 0.3) is 6.08 Å². The average molecular weight is 356 g/mol. The fourth-order valence-corrected chi connectivity index (χ4v) is 3.36. The van der Waals surface area contributed by atoms with Crippen molar-refractivity contribution in [3.63, 3.8) is 0 Å². The number of amides is 1. The highest BCUT2D eigenvalue weighted by atomic mass is 32.2. The minimum absolute atomic E-state index is 0.124. The molecule has 1 aliphatic heterocycles. The second-order valence-corrected chi connectivity index (χ2v) is 6.86. The second kappa shape index (κ2) is 7.59. The maximum atomic E-state index is 12.1. The molecule has 1 amide bonds. The Hall–Kier alpha value is -2.18. The number of aliphatic imine (C=N–C) groups is 1. The van der Waals surface area contributed by atoms with Crippen LogP contribution in [-0.2, 0) is 4.79 Å². The lowest BCUT2D eigenvalue weighted by molar-refractivity contribution is -0.115. The van der Waals surface area contributed by atoms with E-state index in [2.05, 4.69) is 10.3 Å². The van der Waals surface area contributed by atoms with Crippen molar-refractivity contribution in [1.82, 2.24) is 5.32 Å². The molecule has 4 nitrogen and oxygen atoms in total. The minimum Gasteiger partial charge on any atom is -0.497 e. The smallest absolute Gasteiger partial charge is 0.264 e. The molecule has 122 valence electrons. The van der Waals surface area contributed by atoms with Crippen molar-refractivity contribution in [1.29, 1.82) is 0 Å². The van der Waals surface area contributed by atoms with Crippen LogP contribution in [0.4, 0.5) is 5.69 Å². The third-order valence-corrected chi connectivity index (χ3v) is 5.02. The van der Waals surface area contributed by atoms with Gasteiger partial charge in [-0.1, -0.05) is 12.1 Å². The molecule has 2 aromatic rings. The van der Waals surface area contributed by atoms with Crippen LogP contribution in [0.5, 0.6) is 5.75 Å². The van der Waals surface area contributed by atoms with Gasteiger partial charge in [-0.2, -0.15) is 0 Å². The van der Waals surface area contributed by atoms with Crippen LogP contribution in [0.1, 0.15) is 5.56 Å². The minimum atomic E-state index is -0.124. The lowest BCUT2D eigenvalue weighted by Gasteiger charge is -2.00. The van der Waals surface area contributed by atoms with Crippen molar-refractivity contribution < 1.29 is 9.53 Å². The van der Waals surface area contributed by atoms with Gasteiger partial charge in [-0.15, -0.1) is 11.8 Å². The van der Waals surface area contributed by atoms with Gasteiger partial charge in [-0.25, -0.2) is 4.99 Å². The Morgan fingerprint density at radius 2 is 1.83 bits per heavy atom. The predicted molar refractivity (Wildman–Crippen MR) is 102 cm³/mol.